The molecule has 5 nitrogen and oxygen atoms in total. The Morgan fingerprint density at radius 1 is 1.07 bits per heavy atom. The van der Waals surface area contributed by atoms with E-state index in [9.17, 15) is 8.42 Å². The molecule has 4 rings (SSSR count). The number of nitrogens with zero attached hydrogens (tertiary/aromatic N) is 2. The van der Waals surface area contributed by atoms with Crippen LogP contribution < -0.4 is 4.74 Å². The van der Waals surface area contributed by atoms with Gasteiger partial charge in [0, 0.05) is 18.1 Å². The number of rotatable bonds is 6. The molecule has 0 atom stereocenters. The van der Waals surface area contributed by atoms with Crippen molar-refractivity contribution in [3.63, 3.8) is 0 Å². The standard InChI is InChI=1S/C19H20Cl2N2O3S2/c20-16-13-18(27-19(16)21)28(24,25)23-9-6-14-12-15(4-5-17(14)23)26-11-10-22-7-2-1-3-8-22/h4-6,9,12-13H,1-3,7-8,10-11H2. The molecule has 2 aromatic heterocycles. The van der Waals surface area contributed by atoms with Crippen molar-refractivity contribution in [1.29, 1.82) is 0 Å². The summed E-state index contributed by atoms with van der Waals surface area (Å²) in [6.45, 7) is 3.81. The van der Waals surface area contributed by atoms with Gasteiger partial charge in [-0.1, -0.05) is 29.6 Å². The Morgan fingerprint density at radius 3 is 2.57 bits per heavy atom. The number of benzene rings is 1. The number of hydrogen-bond acceptors (Lipinski definition) is 5. The molecule has 0 radical (unpaired) electrons. The van der Waals surface area contributed by atoms with Gasteiger partial charge in [-0.15, -0.1) is 11.3 Å². The third-order valence-electron chi connectivity index (χ3n) is 4.89. The van der Waals surface area contributed by atoms with Gasteiger partial charge in [0.2, 0.25) is 0 Å². The average Bonchev–Trinajstić information content (AvgIpc) is 3.26. The average molecular weight is 459 g/mol. The SMILES string of the molecule is O=S(=O)(c1cc(Cl)c(Cl)s1)n1ccc2cc(OCCN3CCCCC3)ccc21. The van der Waals surface area contributed by atoms with Gasteiger partial charge in [0.05, 0.1) is 10.5 Å². The molecule has 0 unspecified atom stereocenters. The molecule has 9 heteroatoms. The minimum Gasteiger partial charge on any atom is -0.492 e. The zero-order valence-corrected chi connectivity index (χ0v) is 18.3. The van der Waals surface area contributed by atoms with E-state index in [1.165, 1.54) is 29.3 Å². The van der Waals surface area contributed by atoms with E-state index in [-0.39, 0.29) is 13.6 Å². The second kappa shape index (κ2) is 8.24. The van der Waals surface area contributed by atoms with Gasteiger partial charge >= 0.3 is 0 Å². The highest BCUT2D eigenvalue weighted by atomic mass is 35.5. The van der Waals surface area contributed by atoms with Crippen molar-refractivity contribution in [2.24, 2.45) is 0 Å². The summed E-state index contributed by atoms with van der Waals surface area (Å²) < 4.78 is 33.4. The Balaban J connectivity index is 1.51. The quantitative estimate of drug-likeness (QED) is 0.514. The van der Waals surface area contributed by atoms with Crippen LogP contribution in [-0.4, -0.2) is 43.5 Å². The highest BCUT2D eigenvalue weighted by Gasteiger charge is 2.23. The van der Waals surface area contributed by atoms with Crippen molar-refractivity contribution >= 4 is 55.5 Å². The van der Waals surface area contributed by atoms with Gasteiger partial charge in [0.1, 0.15) is 20.9 Å². The van der Waals surface area contributed by atoms with Crippen molar-refractivity contribution in [2.45, 2.75) is 23.5 Å². The first-order valence-electron chi connectivity index (χ1n) is 9.12. The molecule has 1 aliphatic rings. The van der Waals surface area contributed by atoms with Gasteiger partial charge < -0.3 is 4.74 Å². The molecule has 0 spiro atoms. The molecular weight excluding hydrogens is 439 g/mol. The predicted molar refractivity (Wildman–Crippen MR) is 115 cm³/mol. The van der Waals surface area contributed by atoms with E-state index in [1.807, 2.05) is 6.07 Å². The smallest absolute Gasteiger partial charge is 0.277 e. The Labute approximate surface area is 178 Å². The van der Waals surface area contributed by atoms with Gasteiger partial charge in [-0.3, -0.25) is 4.90 Å². The number of likely N-dealkylation sites (tertiary alicyclic amines) is 1. The summed E-state index contributed by atoms with van der Waals surface area (Å²) in [4.78, 5) is 2.42. The second-order valence-corrected chi connectivity index (χ2v) is 10.9. The van der Waals surface area contributed by atoms with E-state index in [1.54, 1.807) is 24.4 Å². The number of thiophene rings is 1. The summed E-state index contributed by atoms with van der Waals surface area (Å²) >= 11 is 12.8. The largest absolute Gasteiger partial charge is 0.492 e. The number of ether oxygens (including phenoxy) is 1. The summed E-state index contributed by atoms with van der Waals surface area (Å²) in [5, 5.41) is 1.04. The summed E-state index contributed by atoms with van der Waals surface area (Å²) in [6, 6.07) is 8.58. The molecule has 1 aliphatic heterocycles. The van der Waals surface area contributed by atoms with Gasteiger partial charge in [-0.05, 0) is 56.3 Å². The van der Waals surface area contributed by atoms with Crippen LogP contribution in [0.25, 0.3) is 10.9 Å². The molecule has 0 N–H and O–H groups in total. The molecule has 0 amide bonds. The van der Waals surface area contributed by atoms with E-state index in [0.29, 0.717) is 12.1 Å². The van der Waals surface area contributed by atoms with Gasteiger partial charge in [0.15, 0.2) is 0 Å². The van der Waals surface area contributed by atoms with E-state index in [2.05, 4.69) is 4.90 Å². The summed E-state index contributed by atoms with van der Waals surface area (Å²) in [5.74, 6) is 0.738. The first-order chi connectivity index (χ1) is 13.4. The zero-order chi connectivity index (χ0) is 19.7. The Kier molecular flexibility index (Phi) is 5.90. The van der Waals surface area contributed by atoms with Crippen molar-refractivity contribution < 1.29 is 13.2 Å². The van der Waals surface area contributed by atoms with Crippen LogP contribution in [0.15, 0.2) is 40.7 Å². The topological polar surface area (TPSA) is 51.5 Å². The third kappa shape index (κ3) is 4.04. The number of aromatic nitrogens is 1. The van der Waals surface area contributed by atoms with Crippen molar-refractivity contribution in [1.82, 2.24) is 8.87 Å². The van der Waals surface area contributed by atoms with Crippen LogP contribution in [0.4, 0.5) is 0 Å². The molecule has 0 aliphatic carbocycles. The molecule has 1 saturated heterocycles. The van der Waals surface area contributed by atoms with E-state index in [0.717, 1.165) is 42.1 Å². The maximum absolute atomic E-state index is 12.9. The first-order valence-corrected chi connectivity index (χ1v) is 12.1. The van der Waals surface area contributed by atoms with Crippen molar-refractivity contribution in [2.75, 3.05) is 26.2 Å². The van der Waals surface area contributed by atoms with Crippen LogP contribution in [0.2, 0.25) is 9.36 Å². The lowest BCUT2D eigenvalue weighted by Crippen LogP contribution is -2.33. The summed E-state index contributed by atoms with van der Waals surface area (Å²) in [7, 11) is -3.75. The Hall–Kier alpha value is -1.25. The Morgan fingerprint density at radius 2 is 1.86 bits per heavy atom. The highest BCUT2D eigenvalue weighted by Crippen LogP contribution is 2.36. The van der Waals surface area contributed by atoms with Crippen LogP contribution >= 0.6 is 34.5 Å². The van der Waals surface area contributed by atoms with Crippen LogP contribution in [-0.2, 0) is 10.0 Å². The lowest BCUT2D eigenvalue weighted by atomic mass is 10.1. The zero-order valence-electron chi connectivity index (χ0n) is 15.1. The van der Waals surface area contributed by atoms with Crippen LogP contribution in [0.3, 0.4) is 0 Å². The predicted octanol–water partition coefficient (Wildman–Crippen LogP) is 5.11. The van der Waals surface area contributed by atoms with Crippen molar-refractivity contribution in [3.05, 3.63) is 45.9 Å². The fraction of sp³-hybridized carbons (Fsp3) is 0.368. The fourth-order valence-electron chi connectivity index (χ4n) is 3.42. The van der Waals surface area contributed by atoms with Crippen molar-refractivity contribution in [3.8, 4) is 5.75 Å². The van der Waals surface area contributed by atoms with E-state index >= 15 is 0 Å². The summed E-state index contributed by atoms with van der Waals surface area (Å²) in [5.41, 5.74) is 0.587. The maximum atomic E-state index is 12.9. The van der Waals surface area contributed by atoms with Gasteiger partial charge in [0.25, 0.3) is 10.0 Å². The second-order valence-electron chi connectivity index (χ2n) is 6.78. The molecule has 28 heavy (non-hydrogen) atoms. The fourth-order valence-corrected chi connectivity index (χ4v) is 6.75. The number of halogens is 2. The van der Waals surface area contributed by atoms with Gasteiger partial charge in [-0.2, -0.15) is 8.42 Å². The minimum atomic E-state index is -3.75. The van der Waals surface area contributed by atoms with Gasteiger partial charge in [-0.25, -0.2) is 3.97 Å². The van der Waals surface area contributed by atoms with Crippen LogP contribution in [0, 0.1) is 0 Å². The minimum absolute atomic E-state index is 0.113. The maximum Gasteiger partial charge on any atom is 0.277 e. The molecule has 1 fully saturated rings. The lowest BCUT2D eigenvalue weighted by Gasteiger charge is -2.26. The van der Waals surface area contributed by atoms with Crippen LogP contribution in [0.5, 0.6) is 5.75 Å². The lowest BCUT2D eigenvalue weighted by molar-refractivity contribution is 0.183. The first kappa shape index (κ1) is 20.0. The molecule has 3 heterocycles. The van der Waals surface area contributed by atoms with E-state index < -0.39 is 10.0 Å². The molecular formula is C19H20Cl2N2O3S2. The Bertz CT molecular complexity index is 1070. The monoisotopic (exact) mass is 458 g/mol. The molecule has 0 saturated carbocycles. The molecule has 3 aromatic rings. The molecule has 1 aromatic carbocycles. The molecule has 0 bridgehead atoms. The molecule has 150 valence electrons. The third-order valence-corrected chi connectivity index (χ3v) is 8.89. The van der Waals surface area contributed by atoms with E-state index in [4.69, 9.17) is 27.9 Å². The van der Waals surface area contributed by atoms with Crippen LogP contribution in [0.1, 0.15) is 19.3 Å². The highest BCUT2D eigenvalue weighted by molar-refractivity contribution is 7.92. The number of piperidine rings is 1. The summed E-state index contributed by atoms with van der Waals surface area (Å²) in [6.07, 6.45) is 5.38. The normalized spacial score (nSPS) is 15.9. The number of hydrogen-bond donors (Lipinski definition) is 0. The number of fused-ring (bicyclic) bond motifs is 1.